The van der Waals surface area contributed by atoms with Gasteiger partial charge in [-0.1, -0.05) is 24.3 Å². The van der Waals surface area contributed by atoms with Crippen LogP contribution in [-0.2, 0) is 0 Å². The summed E-state index contributed by atoms with van der Waals surface area (Å²) in [4.78, 5) is 30.7. The van der Waals surface area contributed by atoms with Gasteiger partial charge in [-0.15, -0.1) is 0 Å². The van der Waals surface area contributed by atoms with Crippen LogP contribution in [0.4, 0.5) is 0 Å². The maximum atomic E-state index is 12.8. The van der Waals surface area contributed by atoms with Gasteiger partial charge in [0.1, 0.15) is 5.82 Å². The third-order valence-electron chi connectivity index (χ3n) is 5.13. The van der Waals surface area contributed by atoms with Gasteiger partial charge in [0.2, 0.25) is 0 Å². The summed E-state index contributed by atoms with van der Waals surface area (Å²) >= 11 is 0. The van der Waals surface area contributed by atoms with Crippen molar-refractivity contribution in [2.45, 2.75) is 26.3 Å². The van der Waals surface area contributed by atoms with Gasteiger partial charge < -0.3 is 9.47 Å². The van der Waals surface area contributed by atoms with Crippen LogP contribution in [0.5, 0.6) is 0 Å². The summed E-state index contributed by atoms with van der Waals surface area (Å²) in [7, 11) is 0. The number of nitrogens with zero attached hydrogens (tertiary/aromatic N) is 3. The van der Waals surface area contributed by atoms with E-state index in [0.29, 0.717) is 17.7 Å². The van der Waals surface area contributed by atoms with Crippen molar-refractivity contribution in [1.82, 2.24) is 14.5 Å². The Kier molecular flexibility index (Phi) is 4.07. The number of carbonyl (C=O) groups is 2. The fourth-order valence-corrected chi connectivity index (χ4v) is 3.79. The van der Waals surface area contributed by atoms with Crippen molar-refractivity contribution < 1.29 is 9.59 Å². The maximum absolute atomic E-state index is 12.8. The first-order valence-electron chi connectivity index (χ1n) is 8.88. The van der Waals surface area contributed by atoms with Crippen LogP contribution in [0.25, 0.3) is 11.0 Å². The minimum absolute atomic E-state index is 0.00713. The van der Waals surface area contributed by atoms with Gasteiger partial charge in [0.05, 0.1) is 17.1 Å². The lowest BCUT2D eigenvalue weighted by atomic mass is 10.1. The first kappa shape index (κ1) is 16.5. The molecule has 5 nitrogen and oxygen atoms in total. The zero-order valence-electron chi connectivity index (χ0n) is 15.0. The number of aromatic nitrogens is 2. The fraction of sp³-hybridized carbons (Fsp3) is 0.286. The number of benzene rings is 2. The van der Waals surface area contributed by atoms with E-state index in [4.69, 9.17) is 0 Å². The van der Waals surface area contributed by atoms with Gasteiger partial charge in [0, 0.05) is 24.2 Å². The van der Waals surface area contributed by atoms with Gasteiger partial charge in [-0.05, 0) is 44.5 Å². The number of ketones is 1. The number of fused-ring (bicyclic) bond motifs is 1. The highest BCUT2D eigenvalue weighted by Gasteiger charge is 2.29. The molecule has 1 saturated heterocycles. The highest BCUT2D eigenvalue weighted by Crippen LogP contribution is 2.28. The van der Waals surface area contributed by atoms with E-state index in [1.54, 1.807) is 24.3 Å². The van der Waals surface area contributed by atoms with Crippen molar-refractivity contribution in [3.05, 3.63) is 65.5 Å². The number of amides is 1. The monoisotopic (exact) mass is 347 g/mol. The second-order valence-corrected chi connectivity index (χ2v) is 6.84. The Hall–Kier alpha value is -2.95. The summed E-state index contributed by atoms with van der Waals surface area (Å²) in [6.07, 6.45) is 0.915. The zero-order chi connectivity index (χ0) is 18.3. The summed E-state index contributed by atoms with van der Waals surface area (Å²) in [5.74, 6) is 1.01. The van der Waals surface area contributed by atoms with Crippen molar-refractivity contribution in [2.24, 2.45) is 0 Å². The first-order chi connectivity index (χ1) is 12.5. The normalized spacial score (nSPS) is 17.0. The Balaban J connectivity index is 1.55. The van der Waals surface area contributed by atoms with Gasteiger partial charge in [-0.3, -0.25) is 9.59 Å². The van der Waals surface area contributed by atoms with Gasteiger partial charge in [-0.2, -0.15) is 0 Å². The molecule has 1 aliphatic rings. The van der Waals surface area contributed by atoms with Gasteiger partial charge in [-0.25, -0.2) is 4.98 Å². The Bertz CT molecular complexity index is 988. The highest BCUT2D eigenvalue weighted by atomic mass is 16.2. The standard InChI is InChI=1S/C21H21N3O2/c1-14(25)16-7-9-17(10-8-16)21(26)23-12-11-18(13-23)24-15(2)22-19-5-3-4-6-20(19)24/h3-10,18H,11-13H2,1-2H3/t18-/m1/s1. The smallest absolute Gasteiger partial charge is 0.253 e. The minimum atomic E-state index is 0.00713. The summed E-state index contributed by atoms with van der Waals surface area (Å²) < 4.78 is 2.25. The average molecular weight is 347 g/mol. The number of hydrogen-bond donors (Lipinski definition) is 0. The zero-order valence-corrected chi connectivity index (χ0v) is 15.0. The minimum Gasteiger partial charge on any atom is -0.336 e. The number of carbonyl (C=O) groups excluding carboxylic acids is 2. The molecule has 1 aliphatic heterocycles. The van der Waals surface area contributed by atoms with E-state index in [-0.39, 0.29) is 17.7 Å². The molecule has 5 heteroatoms. The number of rotatable bonds is 3. The molecule has 1 amide bonds. The Morgan fingerprint density at radius 1 is 1.04 bits per heavy atom. The van der Waals surface area contributed by atoms with E-state index in [1.807, 2.05) is 30.0 Å². The lowest BCUT2D eigenvalue weighted by molar-refractivity contribution is 0.0787. The molecule has 3 aromatic rings. The quantitative estimate of drug-likeness (QED) is 0.680. The number of Topliss-reactive ketones (excluding diaryl/α,β-unsaturated/α-hetero) is 1. The average Bonchev–Trinajstić information content (AvgIpc) is 3.24. The van der Waals surface area contributed by atoms with Gasteiger partial charge in [0.15, 0.2) is 5.78 Å². The van der Waals surface area contributed by atoms with Crippen LogP contribution < -0.4 is 0 Å². The van der Waals surface area contributed by atoms with Crippen LogP contribution in [0.1, 0.15) is 45.9 Å². The molecule has 0 bridgehead atoms. The molecule has 2 aromatic carbocycles. The first-order valence-corrected chi connectivity index (χ1v) is 8.88. The maximum Gasteiger partial charge on any atom is 0.253 e. The van der Waals surface area contributed by atoms with Gasteiger partial charge in [0.25, 0.3) is 5.91 Å². The summed E-state index contributed by atoms with van der Waals surface area (Å²) in [5.41, 5.74) is 3.37. The molecule has 0 radical (unpaired) electrons. The molecule has 132 valence electrons. The number of aryl methyl sites for hydroxylation is 1. The molecule has 1 fully saturated rings. The van der Waals surface area contributed by atoms with Crippen LogP contribution in [0.3, 0.4) is 0 Å². The van der Waals surface area contributed by atoms with E-state index in [2.05, 4.69) is 15.6 Å². The molecule has 0 aliphatic carbocycles. The number of imidazole rings is 1. The number of likely N-dealkylation sites (tertiary alicyclic amines) is 1. The van der Waals surface area contributed by atoms with Crippen LogP contribution in [0.15, 0.2) is 48.5 Å². The molecule has 0 unspecified atom stereocenters. The molecule has 26 heavy (non-hydrogen) atoms. The van der Waals surface area contributed by atoms with E-state index >= 15 is 0 Å². The Labute approximate surface area is 152 Å². The number of hydrogen-bond acceptors (Lipinski definition) is 3. The molecule has 0 spiro atoms. The van der Waals surface area contributed by atoms with Crippen molar-refractivity contribution >= 4 is 22.7 Å². The van der Waals surface area contributed by atoms with Crippen LogP contribution in [-0.4, -0.2) is 39.2 Å². The Morgan fingerprint density at radius 3 is 2.46 bits per heavy atom. The third-order valence-corrected chi connectivity index (χ3v) is 5.13. The predicted molar refractivity (Wildman–Crippen MR) is 100 cm³/mol. The summed E-state index contributed by atoms with van der Waals surface area (Å²) in [5, 5.41) is 0. The van der Waals surface area contributed by atoms with Crippen LogP contribution >= 0.6 is 0 Å². The van der Waals surface area contributed by atoms with Crippen molar-refractivity contribution in [3.63, 3.8) is 0 Å². The van der Waals surface area contributed by atoms with E-state index in [0.717, 1.165) is 29.8 Å². The molecule has 0 N–H and O–H groups in total. The topological polar surface area (TPSA) is 55.2 Å². The lowest BCUT2D eigenvalue weighted by Crippen LogP contribution is -2.29. The SMILES string of the molecule is CC(=O)c1ccc(C(=O)N2CC[C@@H](n3c(C)nc4ccccc43)C2)cc1. The van der Waals surface area contributed by atoms with E-state index in [9.17, 15) is 9.59 Å². The van der Waals surface area contributed by atoms with E-state index in [1.165, 1.54) is 6.92 Å². The summed E-state index contributed by atoms with van der Waals surface area (Å²) in [6, 6.07) is 15.3. The predicted octanol–water partition coefficient (Wildman–Crippen LogP) is 3.63. The molecule has 2 heterocycles. The molecular weight excluding hydrogens is 326 g/mol. The number of para-hydroxylation sites is 2. The van der Waals surface area contributed by atoms with Crippen molar-refractivity contribution in [1.29, 1.82) is 0 Å². The van der Waals surface area contributed by atoms with Crippen molar-refractivity contribution in [2.75, 3.05) is 13.1 Å². The van der Waals surface area contributed by atoms with E-state index < -0.39 is 0 Å². The Morgan fingerprint density at radius 2 is 1.73 bits per heavy atom. The second kappa shape index (κ2) is 6.41. The van der Waals surface area contributed by atoms with Gasteiger partial charge >= 0.3 is 0 Å². The third kappa shape index (κ3) is 2.79. The van der Waals surface area contributed by atoms with Crippen LogP contribution in [0.2, 0.25) is 0 Å². The van der Waals surface area contributed by atoms with Crippen molar-refractivity contribution in [3.8, 4) is 0 Å². The largest absolute Gasteiger partial charge is 0.336 e. The highest BCUT2D eigenvalue weighted by molar-refractivity contribution is 5.97. The molecular formula is C21H21N3O2. The second-order valence-electron chi connectivity index (χ2n) is 6.84. The molecule has 0 saturated carbocycles. The summed E-state index contributed by atoms with van der Waals surface area (Å²) in [6.45, 7) is 4.95. The van der Waals surface area contributed by atoms with Crippen LogP contribution in [0, 0.1) is 6.92 Å². The molecule has 4 rings (SSSR count). The fourth-order valence-electron chi connectivity index (χ4n) is 3.79. The molecule has 1 atom stereocenters. The lowest BCUT2D eigenvalue weighted by Gasteiger charge is -2.18. The molecule has 1 aromatic heterocycles.